The standard InChI is InChI=1S/C19H13Cl3F4N4O2/c1-29-15(31)14(30(17(29)32)13-9-5-3-7-11(13)23)28-16(18(20,21)22)27-12-8-4-2-6-10(12)19(24,25)26/h2-9,16,27H,1H3. The molecule has 1 aliphatic rings. The molecule has 0 spiro atoms. The molecule has 6 nitrogen and oxygen atoms in total. The first-order chi connectivity index (χ1) is 14.8. The largest absolute Gasteiger partial charge is 0.418 e. The van der Waals surface area contributed by atoms with E-state index in [1.54, 1.807) is 0 Å². The number of rotatable bonds is 4. The fourth-order valence-corrected chi connectivity index (χ4v) is 3.16. The molecule has 1 atom stereocenters. The Morgan fingerprint density at radius 2 is 1.59 bits per heavy atom. The fraction of sp³-hybridized carbons (Fsp3) is 0.211. The van der Waals surface area contributed by atoms with E-state index in [-0.39, 0.29) is 5.69 Å². The Hall–Kier alpha value is -2.56. The van der Waals surface area contributed by atoms with Gasteiger partial charge in [-0.3, -0.25) is 9.69 Å². The molecule has 0 bridgehead atoms. The first kappa shape index (κ1) is 24.1. The lowest BCUT2D eigenvalue weighted by Crippen LogP contribution is -2.38. The van der Waals surface area contributed by atoms with Gasteiger partial charge in [0.1, 0.15) is 5.82 Å². The van der Waals surface area contributed by atoms with Crippen molar-refractivity contribution >= 4 is 64.0 Å². The number of amides is 3. The minimum absolute atomic E-state index is 0.312. The smallest absolute Gasteiger partial charge is 0.360 e. The van der Waals surface area contributed by atoms with Gasteiger partial charge in [0.2, 0.25) is 9.63 Å². The molecule has 32 heavy (non-hydrogen) atoms. The third kappa shape index (κ3) is 4.77. The van der Waals surface area contributed by atoms with Crippen molar-refractivity contribution in [1.82, 2.24) is 4.90 Å². The number of imide groups is 1. The van der Waals surface area contributed by atoms with Gasteiger partial charge in [0.25, 0.3) is 5.91 Å². The summed E-state index contributed by atoms with van der Waals surface area (Å²) in [6.45, 7) is 0. The molecule has 2 aromatic carbocycles. The maximum atomic E-state index is 14.3. The number of benzene rings is 2. The number of para-hydroxylation sites is 2. The summed E-state index contributed by atoms with van der Waals surface area (Å²) in [6.07, 6.45) is -6.50. The molecule has 2 aromatic rings. The summed E-state index contributed by atoms with van der Waals surface area (Å²) in [5, 5.41) is 2.35. The van der Waals surface area contributed by atoms with Crippen molar-refractivity contribution in [2.75, 3.05) is 17.3 Å². The summed E-state index contributed by atoms with van der Waals surface area (Å²) in [6, 6.07) is 8.44. The zero-order chi connectivity index (χ0) is 23.8. The Kier molecular flexibility index (Phi) is 6.60. The Morgan fingerprint density at radius 1 is 1.00 bits per heavy atom. The van der Waals surface area contributed by atoms with E-state index in [2.05, 4.69) is 10.3 Å². The quantitative estimate of drug-likeness (QED) is 0.337. The van der Waals surface area contributed by atoms with Gasteiger partial charge >= 0.3 is 12.2 Å². The molecule has 3 rings (SSSR count). The summed E-state index contributed by atoms with van der Waals surface area (Å²) in [5.41, 5.74) is -1.87. The lowest BCUT2D eigenvalue weighted by Gasteiger charge is -2.26. The van der Waals surface area contributed by atoms with E-state index >= 15 is 0 Å². The number of urea groups is 1. The number of nitrogens with one attached hydrogen (secondary N) is 1. The monoisotopic (exact) mass is 510 g/mol. The van der Waals surface area contributed by atoms with Gasteiger partial charge in [-0.15, -0.1) is 0 Å². The average Bonchev–Trinajstić information content (AvgIpc) is 2.90. The van der Waals surface area contributed by atoms with Gasteiger partial charge in [0, 0.05) is 12.7 Å². The number of anilines is 2. The van der Waals surface area contributed by atoms with Gasteiger partial charge in [-0.1, -0.05) is 59.1 Å². The number of alkyl halides is 6. The maximum Gasteiger partial charge on any atom is 0.418 e. The SMILES string of the molecule is CN1C(=O)C(=NC(Nc2ccccc2C(F)(F)F)C(Cl)(Cl)Cl)N(c2ccccc2F)C1=O. The van der Waals surface area contributed by atoms with Crippen molar-refractivity contribution < 1.29 is 27.2 Å². The van der Waals surface area contributed by atoms with Crippen molar-refractivity contribution in [2.24, 2.45) is 4.99 Å². The molecule has 1 aliphatic heterocycles. The summed E-state index contributed by atoms with van der Waals surface area (Å²) in [7, 11) is 1.12. The molecule has 1 unspecified atom stereocenters. The molecular formula is C19H13Cl3F4N4O2. The molecule has 1 saturated heterocycles. The van der Waals surface area contributed by atoms with Crippen molar-refractivity contribution in [1.29, 1.82) is 0 Å². The molecule has 3 amide bonds. The van der Waals surface area contributed by atoms with Gasteiger partial charge in [-0.2, -0.15) is 13.2 Å². The van der Waals surface area contributed by atoms with Crippen LogP contribution in [0.25, 0.3) is 0 Å². The van der Waals surface area contributed by atoms with Crippen LogP contribution in [0.5, 0.6) is 0 Å². The van der Waals surface area contributed by atoms with Crippen LogP contribution in [0.3, 0.4) is 0 Å². The van der Waals surface area contributed by atoms with E-state index in [0.717, 1.165) is 31.3 Å². The summed E-state index contributed by atoms with van der Waals surface area (Å²) in [4.78, 5) is 30.4. The average molecular weight is 512 g/mol. The number of likely N-dealkylation sites (N-methyl/N-ethyl adjacent to an activating group) is 1. The van der Waals surface area contributed by atoms with Crippen LogP contribution in [-0.4, -0.2) is 39.7 Å². The van der Waals surface area contributed by atoms with Crippen LogP contribution in [0.1, 0.15) is 5.56 Å². The molecule has 13 heteroatoms. The molecular weight excluding hydrogens is 499 g/mol. The zero-order valence-corrected chi connectivity index (χ0v) is 18.3. The lowest BCUT2D eigenvalue weighted by molar-refractivity contribution is -0.137. The van der Waals surface area contributed by atoms with E-state index in [4.69, 9.17) is 34.8 Å². The van der Waals surface area contributed by atoms with E-state index < -0.39 is 51.0 Å². The van der Waals surface area contributed by atoms with Crippen molar-refractivity contribution in [3.05, 3.63) is 59.9 Å². The summed E-state index contributed by atoms with van der Waals surface area (Å²) >= 11 is 17.8. The molecule has 1 N–H and O–H groups in total. The highest BCUT2D eigenvalue weighted by Crippen LogP contribution is 2.39. The van der Waals surface area contributed by atoms with Crippen LogP contribution in [0, 0.1) is 5.82 Å². The van der Waals surface area contributed by atoms with E-state index in [9.17, 15) is 27.2 Å². The highest BCUT2D eigenvalue weighted by molar-refractivity contribution is 6.68. The zero-order valence-electron chi connectivity index (χ0n) is 16.0. The fourth-order valence-electron chi connectivity index (χ4n) is 2.85. The van der Waals surface area contributed by atoms with Crippen LogP contribution in [0.2, 0.25) is 0 Å². The molecule has 1 fully saturated rings. The summed E-state index contributed by atoms with van der Waals surface area (Å²) in [5.74, 6) is -2.46. The second-order valence-electron chi connectivity index (χ2n) is 6.52. The van der Waals surface area contributed by atoms with E-state index in [1.807, 2.05) is 0 Å². The number of halogens is 7. The first-order valence-electron chi connectivity index (χ1n) is 8.76. The van der Waals surface area contributed by atoms with E-state index in [0.29, 0.717) is 9.80 Å². The molecule has 0 aromatic heterocycles. The number of carbonyl (C=O) groups excluding carboxylic acids is 2. The van der Waals surface area contributed by atoms with Crippen molar-refractivity contribution in [3.63, 3.8) is 0 Å². The topological polar surface area (TPSA) is 65.0 Å². The number of amidine groups is 1. The van der Waals surface area contributed by atoms with E-state index in [1.165, 1.54) is 24.3 Å². The lowest BCUT2D eigenvalue weighted by atomic mass is 10.1. The Balaban J connectivity index is 2.11. The van der Waals surface area contributed by atoms with Gasteiger partial charge in [-0.05, 0) is 24.3 Å². The van der Waals surface area contributed by atoms with Gasteiger partial charge < -0.3 is 5.32 Å². The van der Waals surface area contributed by atoms with Crippen LogP contribution < -0.4 is 10.2 Å². The highest BCUT2D eigenvalue weighted by atomic mass is 35.6. The molecule has 170 valence electrons. The minimum Gasteiger partial charge on any atom is -0.360 e. The third-order valence-electron chi connectivity index (χ3n) is 4.37. The van der Waals surface area contributed by atoms with Crippen LogP contribution >= 0.6 is 34.8 Å². The minimum atomic E-state index is -4.74. The number of hydrogen-bond acceptors (Lipinski definition) is 4. The van der Waals surface area contributed by atoms with Crippen molar-refractivity contribution in [3.8, 4) is 0 Å². The Labute approximate surface area is 194 Å². The molecule has 0 aliphatic carbocycles. The number of hydrogen-bond donors (Lipinski definition) is 1. The first-order valence-corrected chi connectivity index (χ1v) is 9.89. The van der Waals surface area contributed by atoms with Crippen LogP contribution in [0.4, 0.5) is 33.7 Å². The second-order valence-corrected chi connectivity index (χ2v) is 8.89. The maximum absolute atomic E-state index is 14.3. The molecule has 0 radical (unpaired) electrons. The third-order valence-corrected chi connectivity index (χ3v) is 4.99. The second kappa shape index (κ2) is 8.76. The highest BCUT2D eigenvalue weighted by Gasteiger charge is 2.45. The van der Waals surface area contributed by atoms with Crippen molar-refractivity contribution in [2.45, 2.75) is 16.1 Å². The number of aliphatic imine (C=N–C) groups is 1. The molecule has 1 heterocycles. The van der Waals surface area contributed by atoms with Gasteiger partial charge in [0.15, 0.2) is 6.17 Å². The van der Waals surface area contributed by atoms with Crippen LogP contribution in [-0.2, 0) is 11.0 Å². The summed E-state index contributed by atoms with van der Waals surface area (Å²) < 4.78 is 52.1. The Bertz CT molecular complexity index is 1090. The normalized spacial score (nSPS) is 17.3. The van der Waals surface area contributed by atoms with Gasteiger partial charge in [-0.25, -0.2) is 19.1 Å². The predicted octanol–water partition coefficient (Wildman–Crippen LogP) is 5.45. The Morgan fingerprint density at radius 3 is 2.19 bits per heavy atom. The number of carbonyl (C=O) groups is 2. The number of nitrogens with zero attached hydrogens (tertiary/aromatic N) is 3. The molecule has 0 saturated carbocycles. The predicted molar refractivity (Wildman–Crippen MR) is 114 cm³/mol. The van der Waals surface area contributed by atoms with Crippen LogP contribution in [0.15, 0.2) is 53.5 Å². The van der Waals surface area contributed by atoms with Gasteiger partial charge in [0.05, 0.1) is 11.3 Å².